The Balaban J connectivity index is 1.88. The van der Waals surface area contributed by atoms with Gasteiger partial charge in [0, 0.05) is 10.9 Å². The van der Waals surface area contributed by atoms with Gasteiger partial charge >= 0.3 is 0 Å². The molecular formula is C15H21NO2S. The average Bonchev–Trinajstić information content (AvgIpc) is 2.91. The molecule has 1 aliphatic rings. The van der Waals surface area contributed by atoms with Crippen LogP contribution in [0.25, 0.3) is 0 Å². The van der Waals surface area contributed by atoms with Gasteiger partial charge in [-0.1, -0.05) is 18.9 Å². The Morgan fingerprint density at radius 2 is 2.16 bits per heavy atom. The van der Waals surface area contributed by atoms with Gasteiger partial charge in [0.15, 0.2) is 0 Å². The highest BCUT2D eigenvalue weighted by Crippen LogP contribution is 2.27. The molecule has 2 rings (SSSR count). The van der Waals surface area contributed by atoms with Crippen LogP contribution in [-0.2, 0) is 4.79 Å². The lowest BCUT2D eigenvalue weighted by atomic mass is 10.2. The Labute approximate surface area is 119 Å². The van der Waals surface area contributed by atoms with Crippen LogP contribution < -0.4 is 10.1 Å². The molecule has 0 aromatic heterocycles. The average molecular weight is 279 g/mol. The molecule has 1 aromatic carbocycles. The first-order chi connectivity index (χ1) is 9.19. The van der Waals surface area contributed by atoms with Gasteiger partial charge in [0.25, 0.3) is 0 Å². The summed E-state index contributed by atoms with van der Waals surface area (Å²) in [6.45, 7) is 1.95. The highest BCUT2D eigenvalue weighted by Gasteiger charge is 2.21. The maximum atomic E-state index is 12.1. The summed E-state index contributed by atoms with van der Waals surface area (Å²) in [5.74, 6) is 0.966. The zero-order valence-electron chi connectivity index (χ0n) is 11.5. The number of nitrogens with one attached hydrogen (secondary N) is 1. The molecule has 0 aliphatic heterocycles. The number of thioether (sulfide) groups is 1. The maximum absolute atomic E-state index is 12.1. The van der Waals surface area contributed by atoms with Gasteiger partial charge in [0.1, 0.15) is 5.75 Å². The second-order valence-corrected chi connectivity index (χ2v) is 6.34. The second kappa shape index (κ2) is 6.85. The smallest absolute Gasteiger partial charge is 0.233 e. The van der Waals surface area contributed by atoms with Crippen molar-refractivity contribution in [3.05, 3.63) is 24.3 Å². The number of carbonyl (C=O) groups is 1. The maximum Gasteiger partial charge on any atom is 0.233 e. The van der Waals surface area contributed by atoms with Crippen LogP contribution in [0.2, 0.25) is 0 Å². The van der Waals surface area contributed by atoms with E-state index in [0.29, 0.717) is 6.04 Å². The molecule has 0 radical (unpaired) electrons. The molecule has 1 aliphatic carbocycles. The highest BCUT2D eigenvalue weighted by atomic mass is 32.2. The minimum atomic E-state index is -0.0762. The van der Waals surface area contributed by atoms with Crippen molar-refractivity contribution in [1.82, 2.24) is 5.32 Å². The summed E-state index contributed by atoms with van der Waals surface area (Å²) in [6, 6.07) is 8.22. The van der Waals surface area contributed by atoms with Crippen LogP contribution in [0.4, 0.5) is 0 Å². The van der Waals surface area contributed by atoms with Crippen LogP contribution >= 0.6 is 11.8 Å². The molecule has 1 N–H and O–H groups in total. The second-order valence-electron chi connectivity index (χ2n) is 4.93. The molecule has 0 heterocycles. The minimum Gasteiger partial charge on any atom is -0.497 e. The number of hydrogen-bond acceptors (Lipinski definition) is 3. The Bertz CT molecular complexity index is 430. The fourth-order valence-corrected chi connectivity index (χ4v) is 3.25. The molecule has 104 valence electrons. The molecule has 1 fully saturated rings. The van der Waals surface area contributed by atoms with Crippen molar-refractivity contribution in [2.24, 2.45) is 0 Å². The summed E-state index contributed by atoms with van der Waals surface area (Å²) >= 11 is 1.57. The molecule has 19 heavy (non-hydrogen) atoms. The zero-order chi connectivity index (χ0) is 13.7. The summed E-state index contributed by atoms with van der Waals surface area (Å²) in [7, 11) is 1.65. The fraction of sp³-hybridized carbons (Fsp3) is 0.533. The Kier molecular flexibility index (Phi) is 5.14. The standard InChI is InChI=1S/C15H21NO2S/c1-11(15(17)16-12-6-3-4-7-12)19-14-9-5-8-13(10-14)18-2/h5,8-12H,3-4,6-7H2,1-2H3,(H,16,17)/t11-/m1/s1. The van der Waals surface area contributed by atoms with Crippen molar-refractivity contribution >= 4 is 17.7 Å². The first-order valence-corrected chi connectivity index (χ1v) is 7.68. The number of amides is 1. The van der Waals surface area contributed by atoms with Crippen LogP contribution in [0, 0.1) is 0 Å². The van der Waals surface area contributed by atoms with Gasteiger partial charge in [-0.05, 0) is 38.0 Å². The van der Waals surface area contributed by atoms with E-state index in [1.807, 2.05) is 31.2 Å². The normalized spacial score (nSPS) is 17.2. The molecule has 1 atom stereocenters. The molecule has 0 saturated heterocycles. The first kappa shape index (κ1) is 14.3. The van der Waals surface area contributed by atoms with E-state index in [0.717, 1.165) is 23.5 Å². The third kappa shape index (κ3) is 4.16. The van der Waals surface area contributed by atoms with E-state index in [1.165, 1.54) is 12.8 Å². The molecule has 3 nitrogen and oxygen atoms in total. The number of benzene rings is 1. The SMILES string of the molecule is COc1cccc(S[C@H](C)C(=O)NC2CCCC2)c1. The number of carbonyl (C=O) groups excluding carboxylic acids is 1. The van der Waals surface area contributed by atoms with Gasteiger partial charge in [-0.25, -0.2) is 0 Å². The predicted octanol–water partition coefficient (Wildman–Crippen LogP) is 3.23. The molecule has 0 unspecified atom stereocenters. The third-order valence-electron chi connectivity index (χ3n) is 3.42. The van der Waals surface area contributed by atoms with E-state index in [9.17, 15) is 4.79 Å². The van der Waals surface area contributed by atoms with E-state index in [1.54, 1.807) is 18.9 Å². The highest BCUT2D eigenvalue weighted by molar-refractivity contribution is 8.00. The lowest BCUT2D eigenvalue weighted by Crippen LogP contribution is -2.37. The number of ether oxygens (including phenoxy) is 1. The molecule has 1 amide bonds. The Morgan fingerprint density at radius 3 is 2.84 bits per heavy atom. The monoisotopic (exact) mass is 279 g/mol. The van der Waals surface area contributed by atoms with Gasteiger partial charge in [-0.2, -0.15) is 0 Å². The van der Waals surface area contributed by atoms with Crippen molar-refractivity contribution < 1.29 is 9.53 Å². The Hall–Kier alpha value is -1.16. The summed E-state index contributed by atoms with van der Waals surface area (Å²) < 4.78 is 5.19. The minimum absolute atomic E-state index is 0.0762. The van der Waals surface area contributed by atoms with Crippen molar-refractivity contribution in [3.8, 4) is 5.75 Å². The molecule has 4 heteroatoms. The number of methoxy groups -OCH3 is 1. The molecule has 1 aromatic rings. The van der Waals surface area contributed by atoms with Crippen LogP contribution in [0.3, 0.4) is 0 Å². The lowest BCUT2D eigenvalue weighted by Gasteiger charge is -2.16. The van der Waals surface area contributed by atoms with E-state index >= 15 is 0 Å². The first-order valence-electron chi connectivity index (χ1n) is 6.80. The van der Waals surface area contributed by atoms with Crippen molar-refractivity contribution in [2.45, 2.75) is 48.8 Å². The molecule has 0 spiro atoms. The van der Waals surface area contributed by atoms with E-state index in [-0.39, 0.29) is 11.2 Å². The fourth-order valence-electron chi connectivity index (χ4n) is 2.32. The van der Waals surface area contributed by atoms with Gasteiger partial charge in [-0.3, -0.25) is 4.79 Å². The van der Waals surface area contributed by atoms with Crippen molar-refractivity contribution in [3.63, 3.8) is 0 Å². The van der Waals surface area contributed by atoms with E-state index in [4.69, 9.17) is 4.74 Å². The quantitative estimate of drug-likeness (QED) is 0.841. The van der Waals surface area contributed by atoms with Gasteiger partial charge in [-0.15, -0.1) is 11.8 Å². The van der Waals surface area contributed by atoms with Crippen LogP contribution in [0.5, 0.6) is 5.75 Å². The lowest BCUT2D eigenvalue weighted by molar-refractivity contribution is -0.120. The largest absolute Gasteiger partial charge is 0.497 e. The van der Waals surface area contributed by atoms with Crippen LogP contribution in [0.1, 0.15) is 32.6 Å². The zero-order valence-corrected chi connectivity index (χ0v) is 12.3. The van der Waals surface area contributed by atoms with Crippen molar-refractivity contribution in [1.29, 1.82) is 0 Å². The summed E-state index contributed by atoms with van der Waals surface area (Å²) in [6.07, 6.45) is 4.73. The van der Waals surface area contributed by atoms with Crippen LogP contribution in [-0.4, -0.2) is 24.3 Å². The predicted molar refractivity (Wildman–Crippen MR) is 78.7 cm³/mol. The number of rotatable bonds is 5. The number of hydrogen-bond donors (Lipinski definition) is 1. The Morgan fingerprint density at radius 1 is 1.42 bits per heavy atom. The van der Waals surface area contributed by atoms with Crippen molar-refractivity contribution in [2.75, 3.05) is 7.11 Å². The molecular weight excluding hydrogens is 258 g/mol. The third-order valence-corrected chi connectivity index (χ3v) is 4.52. The van der Waals surface area contributed by atoms with Crippen LogP contribution in [0.15, 0.2) is 29.2 Å². The molecule has 0 bridgehead atoms. The molecule has 1 saturated carbocycles. The van der Waals surface area contributed by atoms with E-state index in [2.05, 4.69) is 5.32 Å². The van der Waals surface area contributed by atoms with Gasteiger partial charge < -0.3 is 10.1 Å². The van der Waals surface area contributed by atoms with Gasteiger partial charge in [0.05, 0.1) is 12.4 Å². The topological polar surface area (TPSA) is 38.3 Å². The summed E-state index contributed by atoms with van der Waals surface area (Å²) in [5, 5.41) is 3.06. The summed E-state index contributed by atoms with van der Waals surface area (Å²) in [5.41, 5.74) is 0. The van der Waals surface area contributed by atoms with Gasteiger partial charge in [0.2, 0.25) is 5.91 Å². The van der Waals surface area contributed by atoms with E-state index < -0.39 is 0 Å². The summed E-state index contributed by atoms with van der Waals surface area (Å²) in [4.78, 5) is 13.2.